The number of nitrogens with two attached hydrogens (primary N) is 1. The fourth-order valence-corrected chi connectivity index (χ4v) is 7.95. The molecule has 0 saturated heterocycles. The van der Waals surface area contributed by atoms with Gasteiger partial charge in [0.25, 0.3) is 0 Å². The van der Waals surface area contributed by atoms with Crippen LogP contribution in [-0.4, -0.2) is 34.6 Å². The molecule has 7 heteroatoms. The largest absolute Gasteiger partial charge is 0.388 e. The molecule has 4 aromatic carbocycles. The second-order valence-electron chi connectivity index (χ2n) is 14.6. The first-order chi connectivity index (χ1) is 29.6. The summed E-state index contributed by atoms with van der Waals surface area (Å²) in [6.07, 6.45) is 16.3. The maximum Gasteiger partial charge on any atom is 0.0939 e. The van der Waals surface area contributed by atoms with Crippen molar-refractivity contribution in [3.63, 3.8) is 0 Å². The van der Waals surface area contributed by atoms with E-state index in [1.54, 1.807) is 0 Å². The number of hydrogen-bond acceptors (Lipinski definition) is 5. The van der Waals surface area contributed by atoms with Gasteiger partial charge in [-0.2, -0.15) is 0 Å². The fraction of sp³-hybridized carbons (Fsp3) is 0.0566. The number of aromatic amines is 2. The van der Waals surface area contributed by atoms with Crippen molar-refractivity contribution >= 4 is 33.7 Å². The summed E-state index contributed by atoms with van der Waals surface area (Å²) in [4.78, 5) is 18.2. The van der Waals surface area contributed by atoms with E-state index in [-0.39, 0.29) is 6.17 Å². The van der Waals surface area contributed by atoms with E-state index in [1.165, 1.54) is 0 Å². The molecule has 1 unspecified atom stereocenters. The number of aromatic nitrogens is 2. The van der Waals surface area contributed by atoms with Crippen LogP contribution in [0.3, 0.4) is 0 Å². The van der Waals surface area contributed by atoms with Gasteiger partial charge in [0.1, 0.15) is 0 Å². The summed E-state index contributed by atoms with van der Waals surface area (Å²) < 4.78 is 0. The Morgan fingerprint density at radius 1 is 0.550 bits per heavy atom. The van der Waals surface area contributed by atoms with Gasteiger partial charge in [0, 0.05) is 52.1 Å². The van der Waals surface area contributed by atoms with Crippen LogP contribution in [-0.2, 0) is 0 Å². The smallest absolute Gasteiger partial charge is 0.0939 e. The molecule has 0 aliphatic carbocycles. The molecule has 292 valence electrons. The van der Waals surface area contributed by atoms with E-state index < -0.39 is 0 Å². The third-order valence-corrected chi connectivity index (χ3v) is 10.7. The summed E-state index contributed by atoms with van der Waals surface area (Å²) in [6, 6.07) is 50.2. The molecule has 0 radical (unpaired) electrons. The number of hydrogen-bond donors (Lipinski definition) is 5. The number of rotatable bonds is 11. The summed E-state index contributed by atoms with van der Waals surface area (Å²) in [5.74, 6) is 0. The molecule has 0 bridgehead atoms. The molecule has 6 N–H and O–H groups in total. The topological polar surface area (TPSA) is 106 Å². The zero-order chi connectivity index (χ0) is 40.8. The summed E-state index contributed by atoms with van der Waals surface area (Å²) in [7, 11) is 1.96. The number of likely N-dealkylation sites (N-methyl/N-ethyl adjacent to an activating group) is 1. The lowest BCUT2D eigenvalue weighted by molar-refractivity contribution is 0.746. The minimum Gasteiger partial charge on any atom is -0.388 e. The molecular formula is C53H45N7. The zero-order valence-electron chi connectivity index (χ0n) is 33.5. The molecule has 6 aromatic rings. The fourth-order valence-electron chi connectivity index (χ4n) is 7.95. The van der Waals surface area contributed by atoms with Gasteiger partial charge in [-0.3, -0.25) is 0 Å². The maximum absolute atomic E-state index is 6.25. The van der Waals surface area contributed by atoms with E-state index in [4.69, 9.17) is 15.7 Å². The Kier molecular flexibility index (Phi) is 10.7. The molecule has 7 nitrogen and oxygen atoms in total. The van der Waals surface area contributed by atoms with E-state index >= 15 is 0 Å². The summed E-state index contributed by atoms with van der Waals surface area (Å²) in [5.41, 5.74) is 23.9. The molecule has 3 aliphatic heterocycles. The normalized spacial score (nSPS) is 18.7. The van der Waals surface area contributed by atoms with Crippen LogP contribution >= 0.6 is 0 Å². The summed E-state index contributed by atoms with van der Waals surface area (Å²) in [5, 5.41) is 6.81. The molecule has 1 atom stereocenters. The van der Waals surface area contributed by atoms with Gasteiger partial charge >= 0.3 is 0 Å². The lowest BCUT2D eigenvalue weighted by Crippen LogP contribution is -2.30. The van der Waals surface area contributed by atoms with Crippen molar-refractivity contribution in [3.05, 3.63) is 251 Å². The van der Waals surface area contributed by atoms with Gasteiger partial charge in [0.15, 0.2) is 0 Å². The lowest BCUT2D eigenvalue weighted by atomic mass is 9.99. The molecular weight excluding hydrogens is 735 g/mol. The first kappa shape index (κ1) is 37.8. The van der Waals surface area contributed by atoms with E-state index in [0.29, 0.717) is 0 Å². The van der Waals surface area contributed by atoms with Crippen LogP contribution in [0.1, 0.15) is 40.6 Å². The van der Waals surface area contributed by atoms with Gasteiger partial charge < -0.3 is 26.3 Å². The number of benzene rings is 4. The van der Waals surface area contributed by atoms with Crippen LogP contribution in [0, 0.1) is 0 Å². The van der Waals surface area contributed by atoms with Gasteiger partial charge in [0.05, 0.1) is 40.4 Å². The van der Waals surface area contributed by atoms with Crippen molar-refractivity contribution in [1.29, 1.82) is 0 Å². The molecule has 0 amide bonds. The average Bonchev–Trinajstić information content (AvgIpc) is 4.16. The van der Waals surface area contributed by atoms with Crippen LogP contribution in [0.4, 0.5) is 0 Å². The van der Waals surface area contributed by atoms with Crippen LogP contribution in [0.5, 0.6) is 0 Å². The molecule has 0 saturated carbocycles. The Balaban J connectivity index is 1.13. The van der Waals surface area contributed by atoms with E-state index in [9.17, 15) is 0 Å². The van der Waals surface area contributed by atoms with Crippen molar-refractivity contribution in [3.8, 4) is 11.4 Å². The molecule has 0 fully saturated rings. The Morgan fingerprint density at radius 2 is 1.03 bits per heavy atom. The predicted octanol–water partition coefficient (Wildman–Crippen LogP) is 10.6. The van der Waals surface area contributed by atoms with Crippen molar-refractivity contribution in [2.75, 3.05) is 7.05 Å². The highest BCUT2D eigenvalue weighted by Crippen LogP contribution is 2.37. The highest BCUT2D eigenvalue weighted by molar-refractivity contribution is 6.35. The first-order valence-corrected chi connectivity index (χ1v) is 20.2. The quantitative estimate of drug-likeness (QED) is 0.0846. The lowest BCUT2D eigenvalue weighted by Gasteiger charge is -2.13. The van der Waals surface area contributed by atoms with E-state index in [1.807, 2.05) is 62.5 Å². The Hall–Kier alpha value is -7.74. The van der Waals surface area contributed by atoms with Crippen LogP contribution < -0.4 is 16.4 Å². The predicted molar refractivity (Wildman–Crippen MR) is 250 cm³/mol. The van der Waals surface area contributed by atoms with Crippen molar-refractivity contribution < 1.29 is 0 Å². The molecule has 60 heavy (non-hydrogen) atoms. The van der Waals surface area contributed by atoms with Crippen LogP contribution in [0.25, 0.3) is 33.7 Å². The van der Waals surface area contributed by atoms with Crippen molar-refractivity contribution in [2.24, 2.45) is 15.7 Å². The highest BCUT2D eigenvalue weighted by atomic mass is 15.0. The van der Waals surface area contributed by atoms with Crippen LogP contribution in [0.2, 0.25) is 0 Å². The third kappa shape index (κ3) is 7.65. The molecule has 2 aromatic heterocycles. The van der Waals surface area contributed by atoms with Gasteiger partial charge in [0.2, 0.25) is 0 Å². The minimum absolute atomic E-state index is 0.248. The Labute approximate surface area is 350 Å². The third-order valence-electron chi connectivity index (χ3n) is 10.7. The number of H-pyrrole nitrogens is 2. The summed E-state index contributed by atoms with van der Waals surface area (Å²) in [6.45, 7) is 2.03. The minimum atomic E-state index is -0.248. The second-order valence-corrected chi connectivity index (χ2v) is 14.6. The number of allylic oxidation sites excluding steroid dienone is 9. The van der Waals surface area contributed by atoms with Gasteiger partial charge in [-0.15, -0.1) is 0 Å². The van der Waals surface area contributed by atoms with Gasteiger partial charge in [-0.1, -0.05) is 127 Å². The molecule has 0 spiro atoms. The highest BCUT2D eigenvalue weighted by Gasteiger charge is 2.25. The number of nitrogens with one attached hydrogen (secondary N) is 4. The van der Waals surface area contributed by atoms with Crippen molar-refractivity contribution in [2.45, 2.75) is 13.1 Å². The SMILES string of the molecule is C/C=C\C(NC)=C(/c1ccccc1)c1ccc(-c2ccc(/C(=C3/C=CC(C(=C4/C=CC(C(=C5/C=CC(N)N5)/c5ccccc5)=N4)/c4ccccc4)=N3)c3ccccc3)[nH]2)[nH]1. The Bertz CT molecular complexity index is 2850. The standard InChI is InChI=1S/C53H45N7/c1-3-16-41(55-2)50(35-17-8-4-9-18-35)42-27-25-39(56-42)40-26-28-43(57-40)51(36-19-10-5-11-20-36)44-29-30-45(58-44)52(37-21-12-6-13-22-37)46-31-32-47(59-46)53(38-23-14-7-15-24-38)48-33-34-49(54)60-48/h3-34,49,55-57,60H,54H2,1-2H3/b16-3-,50-41-,51-44-,52-46-,53-48-. The number of aliphatic imine (C=N–C) groups is 2. The Morgan fingerprint density at radius 3 is 1.57 bits per heavy atom. The average molecular weight is 780 g/mol. The number of nitrogens with zero attached hydrogens (tertiary/aromatic N) is 2. The van der Waals surface area contributed by atoms with E-state index in [0.717, 1.165) is 102 Å². The first-order valence-electron chi connectivity index (χ1n) is 20.2. The second kappa shape index (κ2) is 17.0. The zero-order valence-corrected chi connectivity index (χ0v) is 33.5. The molecule has 5 heterocycles. The van der Waals surface area contributed by atoms with Crippen LogP contribution in [0.15, 0.2) is 227 Å². The van der Waals surface area contributed by atoms with Crippen molar-refractivity contribution in [1.82, 2.24) is 20.6 Å². The summed E-state index contributed by atoms with van der Waals surface area (Å²) >= 11 is 0. The van der Waals surface area contributed by atoms with Gasteiger partial charge in [-0.05, 0) is 96.0 Å². The van der Waals surface area contributed by atoms with Gasteiger partial charge in [-0.25, -0.2) is 9.98 Å². The molecule has 3 aliphatic rings. The van der Waals surface area contributed by atoms with E-state index in [2.05, 4.69) is 166 Å². The maximum atomic E-state index is 6.25. The monoisotopic (exact) mass is 779 g/mol. The molecule has 9 rings (SSSR count).